The van der Waals surface area contributed by atoms with Gasteiger partial charge in [0, 0.05) is 6.21 Å². The van der Waals surface area contributed by atoms with Crippen molar-refractivity contribution in [2.24, 2.45) is 4.99 Å². The van der Waals surface area contributed by atoms with Gasteiger partial charge in [-0.1, -0.05) is 18.2 Å². The molecule has 1 aliphatic carbocycles. The minimum Gasteiger partial charge on any atom is -0.289 e. The van der Waals surface area contributed by atoms with Gasteiger partial charge in [0.05, 0.1) is 6.54 Å². The van der Waals surface area contributed by atoms with Gasteiger partial charge in [-0.2, -0.15) is 0 Å². The average Bonchev–Trinajstić information content (AvgIpc) is 2.21. The molecule has 0 unspecified atom stereocenters. The van der Waals surface area contributed by atoms with Crippen molar-refractivity contribution in [1.29, 1.82) is 0 Å². The minimum absolute atomic E-state index is 0.883. The Balaban J connectivity index is 2.33. The number of hydrogen-bond acceptors (Lipinski definition) is 1. The quantitative estimate of drug-likeness (QED) is 0.496. The van der Waals surface area contributed by atoms with Crippen molar-refractivity contribution >= 4 is 6.21 Å². The van der Waals surface area contributed by atoms with Crippen LogP contribution in [-0.4, -0.2) is 12.8 Å². The van der Waals surface area contributed by atoms with E-state index in [9.17, 15) is 0 Å². The second-order valence-corrected chi connectivity index (χ2v) is 2.92. The highest BCUT2D eigenvalue weighted by Gasteiger charge is 2.03. The first-order valence-corrected chi connectivity index (χ1v) is 4.00. The van der Waals surface area contributed by atoms with E-state index in [4.69, 9.17) is 0 Å². The second kappa shape index (κ2) is 2.87. The lowest BCUT2D eigenvalue weighted by Crippen LogP contribution is -1.93. The zero-order chi connectivity index (χ0) is 7.52. The third-order valence-electron chi connectivity index (χ3n) is 2.06. The van der Waals surface area contributed by atoms with Crippen molar-refractivity contribution < 1.29 is 0 Å². The summed E-state index contributed by atoms with van der Waals surface area (Å²) in [6.45, 7) is 0.883. The molecule has 0 N–H and O–H groups in total. The van der Waals surface area contributed by atoms with Crippen molar-refractivity contribution in [2.75, 3.05) is 6.54 Å². The zero-order valence-corrected chi connectivity index (χ0v) is 6.46. The molecule has 0 aromatic carbocycles. The van der Waals surface area contributed by atoms with E-state index in [1.165, 1.54) is 24.0 Å². The number of fused-ring (bicyclic) bond motifs is 4. The van der Waals surface area contributed by atoms with Crippen molar-refractivity contribution in [3.63, 3.8) is 0 Å². The summed E-state index contributed by atoms with van der Waals surface area (Å²) in [5, 5.41) is 0. The molecule has 0 amide bonds. The van der Waals surface area contributed by atoms with Crippen molar-refractivity contribution in [1.82, 2.24) is 0 Å². The van der Waals surface area contributed by atoms with Gasteiger partial charge in [-0.05, 0) is 30.1 Å². The molecular formula is C10H11N. The highest BCUT2D eigenvalue weighted by atomic mass is 14.7. The van der Waals surface area contributed by atoms with Gasteiger partial charge in [0.2, 0.25) is 0 Å². The maximum absolute atomic E-state index is 4.26. The molecule has 0 aromatic rings. The monoisotopic (exact) mass is 145 g/mol. The molecule has 1 nitrogen and oxygen atoms in total. The van der Waals surface area contributed by atoms with Gasteiger partial charge in [-0.3, -0.25) is 4.99 Å². The second-order valence-electron chi connectivity index (χ2n) is 2.92. The van der Waals surface area contributed by atoms with Crippen LogP contribution in [-0.2, 0) is 0 Å². The number of rotatable bonds is 0. The summed E-state index contributed by atoms with van der Waals surface area (Å²) in [6.07, 6.45) is 12.8. The molecule has 11 heavy (non-hydrogen) atoms. The van der Waals surface area contributed by atoms with Crippen LogP contribution in [0.15, 0.2) is 40.4 Å². The fourth-order valence-electron chi connectivity index (χ4n) is 1.36. The molecule has 2 bridgehead atoms. The first-order valence-electron chi connectivity index (χ1n) is 4.00. The Morgan fingerprint density at radius 3 is 3.00 bits per heavy atom. The standard InChI is InChI=1S/C10H11N/c1-2-9-3-5-10(6-4-9)8-11-7-1/h1-3,5,7H,4,6,8H2. The maximum Gasteiger partial charge on any atom is 0.0602 e. The molecule has 56 valence electrons. The van der Waals surface area contributed by atoms with E-state index in [1.807, 2.05) is 12.3 Å². The Bertz CT molecular complexity index is 267. The number of allylic oxidation sites excluding steroid dienone is 5. The molecule has 3 rings (SSSR count). The third kappa shape index (κ3) is 1.48. The number of aliphatic imine (C=N–C) groups is 1. The van der Waals surface area contributed by atoms with E-state index in [0.717, 1.165) is 6.54 Å². The highest BCUT2D eigenvalue weighted by molar-refractivity contribution is 5.72. The van der Waals surface area contributed by atoms with E-state index >= 15 is 0 Å². The normalized spacial score (nSPS) is 21.8. The topological polar surface area (TPSA) is 12.4 Å². The molecule has 3 aliphatic rings. The van der Waals surface area contributed by atoms with Crippen molar-refractivity contribution in [3.05, 3.63) is 35.5 Å². The van der Waals surface area contributed by atoms with Crippen LogP contribution in [0.2, 0.25) is 0 Å². The summed E-state index contributed by atoms with van der Waals surface area (Å²) in [5.41, 5.74) is 2.87. The van der Waals surface area contributed by atoms with Gasteiger partial charge in [0.15, 0.2) is 0 Å². The molecule has 0 saturated carbocycles. The Morgan fingerprint density at radius 1 is 1.18 bits per heavy atom. The molecule has 0 radical (unpaired) electrons. The van der Waals surface area contributed by atoms with Gasteiger partial charge in [0.1, 0.15) is 0 Å². The molecule has 2 heterocycles. The van der Waals surface area contributed by atoms with Crippen LogP contribution in [0.3, 0.4) is 0 Å². The zero-order valence-electron chi connectivity index (χ0n) is 6.46. The predicted molar refractivity (Wildman–Crippen MR) is 47.9 cm³/mol. The van der Waals surface area contributed by atoms with E-state index in [-0.39, 0.29) is 0 Å². The van der Waals surface area contributed by atoms with Crippen LogP contribution >= 0.6 is 0 Å². The van der Waals surface area contributed by atoms with E-state index in [2.05, 4.69) is 23.2 Å². The van der Waals surface area contributed by atoms with Gasteiger partial charge in [-0.15, -0.1) is 0 Å². The van der Waals surface area contributed by atoms with Gasteiger partial charge < -0.3 is 0 Å². The first-order chi connectivity index (χ1) is 5.45. The Hall–Kier alpha value is -1.11. The fourth-order valence-corrected chi connectivity index (χ4v) is 1.36. The van der Waals surface area contributed by atoms with Crippen molar-refractivity contribution in [3.8, 4) is 0 Å². The average molecular weight is 145 g/mol. The summed E-state index contributed by atoms with van der Waals surface area (Å²) in [6, 6.07) is 0. The van der Waals surface area contributed by atoms with Crippen LogP contribution in [0.1, 0.15) is 12.8 Å². The van der Waals surface area contributed by atoms with Crippen LogP contribution in [0.4, 0.5) is 0 Å². The molecule has 0 aromatic heterocycles. The Kier molecular flexibility index (Phi) is 1.72. The van der Waals surface area contributed by atoms with Crippen LogP contribution < -0.4 is 0 Å². The maximum atomic E-state index is 4.26. The predicted octanol–water partition coefficient (Wildman–Crippen LogP) is 2.27. The molecule has 0 fully saturated rings. The van der Waals surface area contributed by atoms with Gasteiger partial charge in [0.25, 0.3) is 0 Å². The summed E-state index contributed by atoms with van der Waals surface area (Å²) in [5.74, 6) is 0. The molecule has 1 heteroatoms. The van der Waals surface area contributed by atoms with Crippen molar-refractivity contribution in [2.45, 2.75) is 12.8 Å². The minimum atomic E-state index is 0.883. The molecule has 0 atom stereocenters. The Labute approximate surface area is 66.8 Å². The number of nitrogens with zero attached hydrogens (tertiary/aromatic N) is 1. The van der Waals surface area contributed by atoms with E-state index < -0.39 is 0 Å². The Morgan fingerprint density at radius 2 is 2.18 bits per heavy atom. The molecular weight excluding hydrogens is 134 g/mol. The van der Waals surface area contributed by atoms with Crippen LogP contribution in [0, 0.1) is 0 Å². The summed E-state index contributed by atoms with van der Waals surface area (Å²) >= 11 is 0. The SMILES string of the molecule is C1=CC2=CC=C(CC2)CN=C1. The lowest BCUT2D eigenvalue weighted by molar-refractivity contribution is 0.895. The summed E-state index contributed by atoms with van der Waals surface area (Å²) < 4.78 is 0. The molecule has 2 aliphatic heterocycles. The number of hydrogen-bond donors (Lipinski definition) is 0. The smallest absolute Gasteiger partial charge is 0.0602 e. The third-order valence-corrected chi connectivity index (χ3v) is 2.06. The molecule has 0 saturated heterocycles. The van der Waals surface area contributed by atoms with E-state index in [1.54, 1.807) is 0 Å². The first kappa shape index (κ1) is 6.59. The lowest BCUT2D eigenvalue weighted by Gasteiger charge is -2.08. The largest absolute Gasteiger partial charge is 0.289 e. The summed E-state index contributed by atoms with van der Waals surface area (Å²) in [7, 11) is 0. The van der Waals surface area contributed by atoms with Crippen LogP contribution in [0.5, 0.6) is 0 Å². The lowest BCUT2D eigenvalue weighted by atomic mass is 9.99. The summed E-state index contributed by atoms with van der Waals surface area (Å²) in [4.78, 5) is 4.26. The highest BCUT2D eigenvalue weighted by Crippen LogP contribution is 2.19. The van der Waals surface area contributed by atoms with Gasteiger partial charge >= 0.3 is 0 Å². The van der Waals surface area contributed by atoms with Crippen LogP contribution in [0.25, 0.3) is 0 Å². The molecule has 0 spiro atoms. The van der Waals surface area contributed by atoms with E-state index in [0.29, 0.717) is 0 Å². The fraction of sp³-hybridized carbons (Fsp3) is 0.300. The van der Waals surface area contributed by atoms with Gasteiger partial charge in [-0.25, -0.2) is 0 Å².